The van der Waals surface area contributed by atoms with Gasteiger partial charge in [-0.2, -0.15) is 0 Å². The molecule has 3 N–H and O–H groups in total. The Balaban J connectivity index is 0.00000324. The van der Waals surface area contributed by atoms with Crippen molar-refractivity contribution in [1.29, 1.82) is 0 Å². The molecule has 0 saturated heterocycles. The van der Waals surface area contributed by atoms with Gasteiger partial charge in [0, 0.05) is 12.5 Å². The van der Waals surface area contributed by atoms with Crippen molar-refractivity contribution in [2.24, 2.45) is 17.6 Å². The van der Waals surface area contributed by atoms with E-state index in [2.05, 4.69) is 31.3 Å². The van der Waals surface area contributed by atoms with Crippen molar-refractivity contribution >= 4 is 18.3 Å². The van der Waals surface area contributed by atoms with Crippen LogP contribution in [0.1, 0.15) is 38.8 Å². The Labute approximate surface area is 122 Å². The minimum atomic E-state index is -0.136. The molecule has 0 aliphatic rings. The van der Waals surface area contributed by atoms with Crippen molar-refractivity contribution < 1.29 is 4.79 Å². The van der Waals surface area contributed by atoms with Crippen molar-refractivity contribution in [3.8, 4) is 0 Å². The highest BCUT2D eigenvalue weighted by atomic mass is 35.5. The maximum atomic E-state index is 11.9. The number of halogens is 1. The Hall–Kier alpha value is -1.06. The lowest BCUT2D eigenvalue weighted by molar-refractivity contribution is -0.125. The molecule has 0 aliphatic heterocycles. The summed E-state index contributed by atoms with van der Waals surface area (Å²) in [4.78, 5) is 11.9. The van der Waals surface area contributed by atoms with E-state index in [1.165, 1.54) is 0 Å². The molecule has 3 nitrogen and oxygen atoms in total. The summed E-state index contributed by atoms with van der Waals surface area (Å²) in [6, 6.07) is 10.2. The van der Waals surface area contributed by atoms with Gasteiger partial charge < -0.3 is 11.1 Å². The van der Waals surface area contributed by atoms with Crippen LogP contribution in [0.5, 0.6) is 0 Å². The zero-order chi connectivity index (χ0) is 13.5. The molecule has 4 heteroatoms. The maximum absolute atomic E-state index is 11.9. The topological polar surface area (TPSA) is 55.1 Å². The Morgan fingerprint density at radius 1 is 1.21 bits per heavy atom. The molecule has 2 unspecified atom stereocenters. The molecule has 0 saturated carbocycles. The second kappa shape index (κ2) is 8.94. The fourth-order valence-corrected chi connectivity index (χ4v) is 1.86. The number of amides is 1. The highest BCUT2D eigenvalue weighted by Gasteiger charge is 2.18. The summed E-state index contributed by atoms with van der Waals surface area (Å²) in [6.07, 6.45) is 0.938. The van der Waals surface area contributed by atoms with Gasteiger partial charge in [-0.1, -0.05) is 51.1 Å². The minimum Gasteiger partial charge on any atom is -0.349 e. The standard InChI is InChI=1S/C15H24N2O.ClH/c1-11(2)9-14(13-7-5-4-6-8-13)17-15(18)12(3)10-16;/h4-8,11-12,14H,9-10,16H2,1-3H3,(H,17,18);1H. The molecule has 0 spiro atoms. The molecule has 1 aromatic carbocycles. The number of rotatable bonds is 6. The fourth-order valence-electron chi connectivity index (χ4n) is 1.86. The molecule has 0 aromatic heterocycles. The number of nitrogens with one attached hydrogen (secondary N) is 1. The van der Waals surface area contributed by atoms with Crippen LogP contribution in [0.25, 0.3) is 0 Å². The molecule has 19 heavy (non-hydrogen) atoms. The molecule has 1 amide bonds. The maximum Gasteiger partial charge on any atom is 0.224 e. The van der Waals surface area contributed by atoms with Crippen LogP contribution in [0.15, 0.2) is 30.3 Å². The van der Waals surface area contributed by atoms with Gasteiger partial charge >= 0.3 is 0 Å². The van der Waals surface area contributed by atoms with E-state index >= 15 is 0 Å². The van der Waals surface area contributed by atoms with Crippen molar-refractivity contribution in [2.45, 2.75) is 33.2 Å². The van der Waals surface area contributed by atoms with E-state index in [-0.39, 0.29) is 30.3 Å². The van der Waals surface area contributed by atoms with E-state index in [4.69, 9.17) is 5.73 Å². The molecule has 2 atom stereocenters. The smallest absolute Gasteiger partial charge is 0.224 e. The normalized spacial score (nSPS) is 13.5. The highest BCUT2D eigenvalue weighted by molar-refractivity contribution is 5.85. The summed E-state index contributed by atoms with van der Waals surface area (Å²) in [7, 11) is 0. The van der Waals surface area contributed by atoms with Crippen LogP contribution in [-0.2, 0) is 4.79 Å². The predicted octanol–water partition coefficient (Wildman–Crippen LogP) is 2.91. The minimum absolute atomic E-state index is 0. The zero-order valence-electron chi connectivity index (χ0n) is 11.9. The van der Waals surface area contributed by atoms with Gasteiger partial charge in [0.15, 0.2) is 0 Å². The molecule has 1 aromatic rings. The first-order valence-corrected chi connectivity index (χ1v) is 6.60. The largest absolute Gasteiger partial charge is 0.349 e. The Morgan fingerprint density at radius 3 is 2.26 bits per heavy atom. The third-order valence-electron chi connectivity index (χ3n) is 3.03. The first-order chi connectivity index (χ1) is 8.54. The van der Waals surface area contributed by atoms with Crippen molar-refractivity contribution in [3.63, 3.8) is 0 Å². The number of carbonyl (C=O) groups is 1. The first-order valence-electron chi connectivity index (χ1n) is 6.60. The van der Waals surface area contributed by atoms with Crippen LogP contribution in [0.2, 0.25) is 0 Å². The second-order valence-electron chi connectivity index (χ2n) is 5.24. The lowest BCUT2D eigenvalue weighted by Gasteiger charge is -2.22. The van der Waals surface area contributed by atoms with Crippen LogP contribution in [0, 0.1) is 11.8 Å². The van der Waals surface area contributed by atoms with Crippen LogP contribution < -0.4 is 11.1 Å². The van der Waals surface area contributed by atoms with E-state index < -0.39 is 0 Å². The molecule has 0 aliphatic carbocycles. The zero-order valence-corrected chi connectivity index (χ0v) is 12.7. The fraction of sp³-hybridized carbons (Fsp3) is 0.533. The molecule has 0 radical (unpaired) electrons. The van der Waals surface area contributed by atoms with Crippen molar-refractivity contribution in [3.05, 3.63) is 35.9 Å². The Morgan fingerprint density at radius 2 is 1.79 bits per heavy atom. The third-order valence-corrected chi connectivity index (χ3v) is 3.03. The highest BCUT2D eigenvalue weighted by Crippen LogP contribution is 2.21. The Kier molecular flexibility index (Phi) is 8.44. The lowest BCUT2D eigenvalue weighted by Crippen LogP contribution is -2.36. The SMILES string of the molecule is CC(C)CC(NC(=O)C(C)CN)c1ccccc1.Cl. The molecule has 0 bridgehead atoms. The third kappa shape index (κ3) is 6.08. The van der Waals surface area contributed by atoms with Gasteiger partial charge in [0.05, 0.1) is 6.04 Å². The Bertz CT molecular complexity index is 368. The van der Waals surface area contributed by atoms with E-state index in [1.807, 2.05) is 25.1 Å². The molecule has 1 rings (SSSR count). The molecular weight excluding hydrogens is 260 g/mol. The van der Waals surface area contributed by atoms with E-state index in [0.717, 1.165) is 12.0 Å². The second-order valence-corrected chi connectivity index (χ2v) is 5.24. The monoisotopic (exact) mass is 284 g/mol. The number of nitrogens with two attached hydrogens (primary N) is 1. The van der Waals surface area contributed by atoms with E-state index in [0.29, 0.717) is 12.5 Å². The van der Waals surface area contributed by atoms with E-state index in [9.17, 15) is 4.79 Å². The van der Waals surface area contributed by atoms with Gasteiger partial charge in [-0.15, -0.1) is 12.4 Å². The van der Waals surface area contributed by atoms with E-state index in [1.54, 1.807) is 0 Å². The first kappa shape index (κ1) is 17.9. The van der Waals surface area contributed by atoms with Crippen molar-refractivity contribution in [2.75, 3.05) is 6.54 Å². The van der Waals surface area contributed by atoms with Crippen LogP contribution in [0.3, 0.4) is 0 Å². The molecule has 108 valence electrons. The molecule has 0 fully saturated rings. The van der Waals surface area contributed by atoms with Gasteiger partial charge in [-0.3, -0.25) is 4.79 Å². The average molecular weight is 285 g/mol. The van der Waals surface area contributed by atoms with Gasteiger partial charge in [0.25, 0.3) is 0 Å². The van der Waals surface area contributed by atoms with Gasteiger partial charge in [0.1, 0.15) is 0 Å². The summed E-state index contributed by atoms with van der Waals surface area (Å²) in [6.45, 7) is 6.56. The van der Waals surface area contributed by atoms with Crippen molar-refractivity contribution in [1.82, 2.24) is 5.32 Å². The summed E-state index contributed by atoms with van der Waals surface area (Å²) < 4.78 is 0. The van der Waals surface area contributed by atoms with Crippen LogP contribution in [-0.4, -0.2) is 12.5 Å². The molecular formula is C15H25ClN2O. The number of hydrogen-bond acceptors (Lipinski definition) is 2. The summed E-state index contributed by atoms with van der Waals surface area (Å²) in [5.74, 6) is 0.430. The molecule has 0 heterocycles. The van der Waals surface area contributed by atoms with Crippen LogP contribution in [0.4, 0.5) is 0 Å². The summed E-state index contributed by atoms with van der Waals surface area (Å²) in [5.41, 5.74) is 6.68. The number of hydrogen-bond donors (Lipinski definition) is 2. The number of benzene rings is 1. The number of carbonyl (C=O) groups excluding carboxylic acids is 1. The lowest BCUT2D eigenvalue weighted by atomic mass is 9.96. The summed E-state index contributed by atoms with van der Waals surface area (Å²) in [5, 5.41) is 3.10. The van der Waals surface area contributed by atoms with Gasteiger partial charge in [0.2, 0.25) is 5.91 Å². The van der Waals surface area contributed by atoms with Crippen LogP contribution >= 0.6 is 12.4 Å². The summed E-state index contributed by atoms with van der Waals surface area (Å²) >= 11 is 0. The average Bonchev–Trinajstić information content (AvgIpc) is 2.37. The van der Waals surface area contributed by atoms with Gasteiger partial charge in [-0.25, -0.2) is 0 Å². The predicted molar refractivity (Wildman–Crippen MR) is 82.2 cm³/mol. The van der Waals surface area contributed by atoms with Gasteiger partial charge in [-0.05, 0) is 17.9 Å². The quantitative estimate of drug-likeness (QED) is 0.844.